The molecule has 0 saturated carbocycles. The minimum Gasteiger partial charge on any atom is -0.494 e. The maximum atomic E-state index is 12.7. The molecule has 4 rings (SSSR count). The van der Waals surface area contributed by atoms with E-state index in [0.717, 1.165) is 47.3 Å². The number of unbranched alkanes of at least 4 members (excludes halogenated alkanes) is 1. The Morgan fingerprint density at radius 1 is 1.26 bits per heavy atom. The van der Waals surface area contributed by atoms with Crippen molar-refractivity contribution in [1.29, 1.82) is 0 Å². The van der Waals surface area contributed by atoms with Crippen molar-refractivity contribution in [2.75, 3.05) is 13.6 Å². The van der Waals surface area contributed by atoms with E-state index in [4.69, 9.17) is 0 Å². The Kier molecular flexibility index (Phi) is 4.39. The summed E-state index contributed by atoms with van der Waals surface area (Å²) in [6.45, 7) is 3.24. The highest BCUT2D eigenvalue weighted by Crippen LogP contribution is 2.32. The van der Waals surface area contributed by atoms with Crippen LogP contribution in [0.25, 0.3) is 10.9 Å². The van der Waals surface area contributed by atoms with Gasteiger partial charge in [-0.1, -0.05) is 31.5 Å². The lowest BCUT2D eigenvalue weighted by Gasteiger charge is -2.30. The first-order valence-electron chi connectivity index (χ1n) is 9.50. The van der Waals surface area contributed by atoms with Gasteiger partial charge in [0.15, 0.2) is 6.04 Å². The van der Waals surface area contributed by atoms with Crippen molar-refractivity contribution in [1.82, 2.24) is 14.5 Å². The van der Waals surface area contributed by atoms with Crippen LogP contribution in [0.5, 0.6) is 5.88 Å². The lowest BCUT2D eigenvalue weighted by atomic mass is 9.94. The molecule has 4 N–H and O–H groups in total. The fourth-order valence-corrected chi connectivity index (χ4v) is 4.20. The van der Waals surface area contributed by atoms with E-state index in [0.29, 0.717) is 6.54 Å². The van der Waals surface area contributed by atoms with Crippen LogP contribution in [0.2, 0.25) is 0 Å². The summed E-state index contributed by atoms with van der Waals surface area (Å²) in [5, 5.41) is 12.0. The van der Waals surface area contributed by atoms with Crippen molar-refractivity contribution >= 4 is 10.9 Å². The summed E-state index contributed by atoms with van der Waals surface area (Å²) in [6.07, 6.45) is 2.54. The molecule has 3 aromatic rings. The molecule has 0 bridgehead atoms. The molecule has 1 unspecified atom stereocenters. The number of hydrogen-bond donors (Lipinski definition) is 4. The Hall–Kier alpha value is -2.80. The lowest BCUT2D eigenvalue weighted by Crippen LogP contribution is -3.10. The van der Waals surface area contributed by atoms with Crippen molar-refractivity contribution < 1.29 is 10.0 Å². The van der Waals surface area contributed by atoms with Crippen LogP contribution in [0.3, 0.4) is 0 Å². The maximum absolute atomic E-state index is 12.7. The molecular formula is C20H25N4O3+. The van der Waals surface area contributed by atoms with Crippen LogP contribution in [0.4, 0.5) is 0 Å². The van der Waals surface area contributed by atoms with E-state index in [-0.39, 0.29) is 17.5 Å². The molecule has 7 heteroatoms. The Morgan fingerprint density at radius 3 is 2.81 bits per heavy atom. The number of aromatic nitrogens is 3. The van der Waals surface area contributed by atoms with Gasteiger partial charge in [-0.25, -0.2) is 4.79 Å². The van der Waals surface area contributed by atoms with Gasteiger partial charge in [-0.3, -0.25) is 14.3 Å². The van der Waals surface area contributed by atoms with Gasteiger partial charge in [0.25, 0.3) is 5.56 Å². The first kappa shape index (κ1) is 17.6. The summed E-state index contributed by atoms with van der Waals surface area (Å²) >= 11 is 0. The van der Waals surface area contributed by atoms with Gasteiger partial charge in [0.1, 0.15) is 5.56 Å². The molecule has 0 spiro atoms. The molecule has 0 amide bonds. The van der Waals surface area contributed by atoms with Gasteiger partial charge >= 0.3 is 5.69 Å². The summed E-state index contributed by atoms with van der Waals surface area (Å²) < 4.78 is 1.28. The van der Waals surface area contributed by atoms with Crippen LogP contribution in [0.1, 0.15) is 42.6 Å². The van der Waals surface area contributed by atoms with Crippen molar-refractivity contribution in [3.63, 3.8) is 0 Å². The Morgan fingerprint density at radius 2 is 2.04 bits per heavy atom. The SMILES string of the molecule is CCCCn1c(O)c([C@@H]2c3[nH]c4ccccc4c3CC[NH+]2C)c(=O)[nH]c1=O. The van der Waals surface area contributed by atoms with Gasteiger partial charge < -0.3 is 15.0 Å². The minimum absolute atomic E-state index is 0.215. The normalized spacial score (nSPS) is 19.3. The van der Waals surface area contributed by atoms with Gasteiger partial charge in [-0.2, -0.15) is 0 Å². The highest BCUT2D eigenvalue weighted by Gasteiger charge is 2.37. The number of H-pyrrole nitrogens is 2. The number of quaternary nitrogens is 1. The zero-order valence-electron chi connectivity index (χ0n) is 15.6. The van der Waals surface area contributed by atoms with Crippen molar-refractivity contribution in [2.45, 2.75) is 38.8 Å². The minimum atomic E-state index is -0.556. The zero-order chi connectivity index (χ0) is 19.1. The molecule has 7 nitrogen and oxygen atoms in total. The van der Waals surface area contributed by atoms with Crippen LogP contribution in [-0.2, 0) is 13.0 Å². The van der Waals surface area contributed by atoms with Gasteiger partial charge in [0.2, 0.25) is 5.88 Å². The Balaban J connectivity index is 1.94. The third-order valence-corrected chi connectivity index (χ3v) is 5.63. The van der Waals surface area contributed by atoms with E-state index in [1.165, 1.54) is 10.1 Å². The van der Waals surface area contributed by atoms with Crippen LogP contribution >= 0.6 is 0 Å². The van der Waals surface area contributed by atoms with E-state index < -0.39 is 11.2 Å². The van der Waals surface area contributed by atoms with Gasteiger partial charge in [0, 0.05) is 23.9 Å². The average molecular weight is 369 g/mol. The standard InChI is InChI=1S/C20H24N4O3/c1-3-4-10-24-19(26)15(18(25)22-20(24)27)17-16-13(9-11-23(17)2)12-7-5-6-8-14(12)21-16/h5-8,17,21,26H,3-4,9-11H2,1-2H3,(H,22,25,27)/p+1/t17-/m1/s1. The number of hydrogen-bond acceptors (Lipinski definition) is 3. The third-order valence-electron chi connectivity index (χ3n) is 5.63. The quantitative estimate of drug-likeness (QED) is 0.545. The molecule has 142 valence electrons. The Labute approximate surface area is 156 Å². The number of para-hydroxylation sites is 1. The summed E-state index contributed by atoms with van der Waals surface area (Å²) in [4.78, 5) is 31.9. The van der Waals surface area contributed by atoms with E-state index >= 15 is 0 Å². The molecule has 2 atom stereocenters. The number of rotatable bonds is 4. The van der Waals surface area contributed by atoms with E-state index in [1.54, 1.807) is 0 Å². The van der Waals surface area contributed by atoms with E-state index in [1.807, 2.05) is 32.2 Å². The maximum Gasteiger partial charge on any atom is 0.331 e. The topological polar surface area (TPSA) is 95.3 Å². The fraction of sp³-hybridized carbons (Fsp3) is 0.400. The molecule has 0 radical (unpaired) electrons. The van der Waals surface area contributed by atoms with Gasteiger partial charge in [0.05, 0.1) is 19.3 Å². The highest BCUT2D eigenvalue weighted by molar-refractivity contribution is 5.85. The van der Waals surface area contributed by atoms with E-state index in [9.17, 15) is 14.7 Å². The average Bonchev–Trinajstić information content (AvgIpc) is 3.02. The molecule has 1 aliphatic rings. The molecule has 0 saturated heterocycles. The van der Waals surface area contributed by atoms with Crippen LogP contribution in [-0.4, -0.2) is 33.2 Å². The molecule has 1 aliphatic heterocycles. The number of aromatic amines is 2. The van der Waals surface area contributed by atoms with Crippen molar-refractivity contribution in [3.05, 3.63) is 61.9 Å². The number of benzene rings is 1. The number of likely N-dealkylation sites (N-methyl/N-ethyl adjacent to an activating group) is 1. The molecule has 0 aliphatic carbocycles. The monoisotopic (exact) mass is 369 g/mol. The number of fused-ring (bicyclic) bond motifs is 3. The summed E-state index contributed by atoms with van der Waals surface area (Å²) in [6, 6.07) is 7.73. The fourth-order valence-electron chi connectivity index (χ4n) is 4.20. The van der Waals surface area contributed by atoms with E-state index in [2.05, 4.69) is 16.0 Å². The molecule has 0 fully saturated rings. The molecule has 27 heavy (non-hydrogen) atoms. The van der Waals surface area contributed by atoms with Crippen LogP contribution < -0.4 is 16.1 Å². The zero-order valence-corrected chi connectivity index (χ0v) is 15.6. The van der Waals surface area contributed by atoms with Crippen molar-refractivity contribution in [2.24, 2.45) is 0 Å². The molecule has 1 aromatic carbocycles. The predicted octanol–water partition coefficient (Wildman–Crippen LogP) is 0.684. The molecular weight excluding hydrogens is 344 g/mol. The molecule has 2 aromatic heterocycles. The van der Waals surface area contributed by atoms with Crippen LogP contribution in [0, 0.1) is 0 Å². The number of aromatic hydroxyl groups is 1. The third kappa shape index (κ3) is 2.78. The highest BCUT2D eigenvalue weighted by atomic mass is 16.3. The Bertz CT molecular complexity index is 1110. The largest absolute Gasteiger partial charge is 0.494 e. The predicted molar refractivity (Wildman–Crippen MR) is 103 cm³/mol. The second-order valence-corrected chi connectivity index (χ2v) is 7.34. The van der Waals surface area contributed by atoms with Gasteiger partial charge in [-0.05, 0) is 18.1 Å². The summed E-state index contributed by atoms with van der Waals surface area (Å²) in [5.41, 5.74) is 2.35. The second-order valence-electron chi connectivity index (χ2n) is 7.34. The smallest absolute Gasteiger partial charge is 0.331 e. The first-order chi connectivity index (χ1) is 13.0. The molecule has 3 heterocycles. The first-order valence-corrected chi connectivity index (χ1v) is 9.50. The summed E-state index contributed by atoms with van der Waals surface area (Å²) in [7, 11) is 2.01. The second kappa shape index (κ2) is 6.74. The van der Waals surface area contributed by atoms with Crippen LogP contribution in [0.15, 0.2) is 33.9 Å². The lowest BCUT2D eigenvalue weighted by molar-refractivity contribution is -0.908. The number of nitrogens with zero attached hydrogens (tertiary/aromatic N) is 1. The summed E-state index contributed by atoms with van der Waals surface area (Å²) in [5.74, 6) is -0.215. The van der Waals surface area contributed by atoms with Crippen molar-refractivity contribution in [3.8, 4) is 5.88 Å². The van der Waals surface area contributed by atoms with Gasteiger partial charge in [-0.15, -0.1) is 0 Å². The number of nitrogens with one attached hydrogen (secondary N) is 3.